The maximum absolute atomic E-state index is 12.7. The Labute approximate surface area is 179 Å². The molecule has 2 aromatic carbocycles. The third-order valence-electron chi connectivity index (χ3n) is 4.89. The van der Waals surface area contributed by atoms with Crippen LogP contribution in [0.15, 0.2) is 65.1 Å². The quantitative estimate of drug-likeness (QED) is 0.472. The minimum Gasteiger partial charge on any atom is -0.497 e. The van der Waals surface area contributed by atoms with Crippen LogP contribution in [-0.4, -0.2) is 43.5 Å². The van der Waals surface area contributed by atoms with Crippen LogP contribution in [0, 0.1) is 0 Å². The van der Waals surface area contributed by atoms with Crippen molar-refractivity contribution in [1.82, 2.24) is 15.2 Å². The topological polar surface area (TPSA) is 67.6 Å². The van der Waals surface area contributed by atoms with Gasteiger partial charge in [0.15, 0.2) is 16.5 Å². The fourth-order valence-corrected chi connectivity index (χ4v) is 4.20. The number of hydrogen-bond acceptors (Lipinski definition) is 6. The Kier molecular flexibility index (Phi) is 5.83. The molecule has 7 heteroatoms. The third kappa shape index (κ3) is 4.22. The molecule has 0 saturated carbocycles. The zero-order valence-electron chi connectivity index (χ0n) is 17.1. The van der Waals surface area contributed by atoms with Gasteiger partial charge < -0.3 is 19.4 Å². The molecular weight excluding hydrogens is 398 g/mol. The highest BCUT2D eigenvalue weighted by molar-refractivity contribution is 7.21. The van der Waals surface area contributed by atoms with Gasteiger partial charge in [-0.2, -0.15) is 0 Å². The highest BCUT2D eigenvalue weighted by Gasteiger charge is 2.19. The lowest BCUT2D eigenvalue weighted by Crippen LogP contribution is -2.34. The van der Waals surface area contributed by atoms with Crippen LogP contribution in [0.1, 0.15) is 22.2 Å². The molecule has 0 radical (unpaired) electrons. The Morgan fingerprint density at radius 2 is 2.00 bits per heavy atom. The molecule has 4 aromatic rings. The monoisotopic (exact) mass is 421 g/mol. The van der Waals surface area contributed by atoms with Crippen molar-refractivity contribution in [2.24, 2.45) is 0 Å². The first-order valence-corrected chi connectivity index (χ1v) is 10.4. The molecule has 1 unspecified atom stereocenters. The second-order valence-corrected chi connectivity index (χ2v) is 8.15. The van der Waals surface area contributed by atoms with Crippen molar-refractivity contribution in [2.45, 2.75) is 6.04 Å². The number of ether oxygens (including phenoxy) is 1. The van der Waals surface area contributed by atoms with Gasteiger partial charge in [0.1, 0.15) is 5.75 Å². The number of methoxy groups -OCH3 is 1. The molecule has 2 heterocycles. The maximum atomic E-state index is 12.7. The molecule has 0 aliphatic heterocycles. The van der Waals surface area contributed by atoms with Gasteiger partial charge in [0, 0.05) is 6.54 Å². The average Bonchev–Trinajstić information content (AvgIpc) is 3.40. The summed E-state index contributed by atoms with van der Waals surface area (Å²) < 4.78 is 12.2. The Bertz CT molecular complexity index is 1130. The van der Waals surface area contributed by atoms with Crippen molar-refractivity contribution < 1.29 is 13.9 Å². The molecule has 4 rings (SSSR count). The van der Waals surface area contributed by atoms with Crippen LogP contribution < -0.4 is 10.1 Å². The Balaban J connectivity index is 1.47. The lowest BCUT2D eigenvalue weighted by Gasteiger charge is -2.25. The predicted molar refractivity (Wildman–Crippen MR) is 119 cm³/mol. The van der Waals surface area contributed by atoms with Crippen molar-refractivity contribution >= 4 is 27.5 Å². The third-order valence-corrected chi connectivity index (χ3v) is 5.94. The Morgan fingerprint density at radius 1 is 1.17 bits per heavy atom. The molecule has 0 saturated heterocycles. The highest BCUT2D eigenvalue weighted by Crippen LogP contribution is 2.31. The van der Waals surface area contributed by atoms with Crippen molar-refractivity contribution in [2.75, 3.05) is 27.7 Å². The van der Waals surface area contributed by atoms with Crippen LogP contribution >= 0.6 is 11.3 Å². The maximum Gasteiger partial charge on any atom is 0.287 e. The number of furan rings is 1. The van der Waals surface area contributed by atoms with Gasteiger partial charge in [-0.1, -0.05) is 24.3 Å². The molecule has 6 nitrogen and oxygen atoms in total. The van der Waals surface area contributed by atoms with Crippen LogP contribution in [0.5, 0.6) is 5.75 Å². The number of aromatic nitrogens is 1. The van der Waals surface area contributed by atoms with Crippen molar-refractivity contribution in [1.29, 1.82) is 0 Å². The normalized spacial score (nSPS) is 12.3. The number of nitrogens with zero attached hydrogens (tertiary/aromatic N) is 2. The summed E-state index contributed by atoms with van der Waals surface area (Å²) in [5, 5.41) is 3.74. The summed E-state index contributed by atoms with van der Waals surface area (Å²) in [5.74, 6) is 1.40. The minimum absolute atomic E-state index is 0.00254. The standard InChI is InChI=1S/C23H23N3O3S/c1-26(2)18(15-7-6-8-16(13-15)28-3)14-24-22(27)19-11-12-20(29-19)23-25-17-9-4-5-10-21(17)30-23/h4-13,18H,14H2,1-3H3,(H,24,27). The molecule has 0 spiro atoms. The van der Waals surface area contributed by atoms with Crippen LogP contribution in [0.2, 0.25) is 0 Å². The van der Waals surface area contributed by atoms with E-state index in [2.05, 4.69) is 15.2 Å². The van der Waals surface area contributed by atoms with E-state index in [0.717, 1.165) is 26.5 Å². The molecular formula is C23H23N3O3S. The number of para-hydroxylation sites is 1. The van der Waals surface area contributed by atoms with E-state index in [9.17, 15) is 4.79 Å². The van der Waals surface area contributed by atoms with E-state index in [1.165, 1.54) is 0 Å². The number of likely N-dealkylation sites (N-methyl/N-ethyl adjacent to an activating group) is 1. The molecule has 0 fully saturated rings. The minimum atomic E-state index is -0.253. The number of hydrogen-bond donors (Lipinski definition) is 1. The largest absolute Gasteiger partial charge is 0.497 e. The molecule has 0 bridgehead atoms. The number of carbonyl (C=O) groups is 1. The van der Waals surface area contributed by atoms with Gasteiger partial charge in [0.25, 0.3) is 5.91 Å². The molecule has 2 aromatic heterocycles. The van der Waals surface area contributed by atoms with Crippen molar-refractivity contribution in [3.05, 3.63) is 72.0 Å². The number of fused-ring (bicyclic) bond motifs is 1. The first-order chi connectivity index (χ1) is 14.5. The Morgan fingerprint density at radius 3 is 2.77 bits per heavy atom. The van der Waals surface area contributed by atoms with Gasteiger partial charge in [-0.25, -0.2) is 4.98 Å². The summed E-state index contributed by atoms with van der Waals surface area (Å²) in [6, 6.07) is 19.3. The summed E-state index contributed by atoms with van der Waals surface area (Å²) in [6.45, 7) is 0.441. The number of benzene rings is 2. The molecule has 1 N–H and O–H groups in total. The second kappa shape index (κ2) is 8.69. The summed E-state index contributed by atoms with van der Waals surface area (Å²) in [6.07, 6.45) is 0. The first-order valence-electron chi connectivity index (χ1n) is 9.59. The van der Waals surface area contributed by atoms with Gasteiger partial charge in [-0.3, -0.25) is 4.79 Å². The van der Waals surface area contributed by atoms with Gasteiger partial charge in [0.2, 0.25) is 0 Å². The smallest absolute Gasteiger partial charge is 0.287 e. The van der Waals surface area contributed by atoms with Crippen LogP contribution in [0.25, 0.3) is 21.0 Å². The molecule has 30 heavy (non-hydrogen) atoms. The van der Waals surface area contributed by atoms with Crippen LogP contribution in [0.3, 0.4) is 0 Å². The van der Waals surface area contributed by atoms with E-state index in [4.69, 9.17) is 9.15 Å². The number of nitrogens with one attached hydrogen (secondary N) is 1. The Hall–Kier alpha value is -3.16. The molecule has 1 atom stereocenters. The lowest BCUT2D eigenvalue weighted by atomic mass is 10.1. The predicted octanol–water partition coefficient (Wildman–Crippen LogP) is 4.60. The summed E-state index contributed by atoms with van der Waals surface area (Å²) in [7, 11) is 5.61. The highest BCUT2D eigenvalue weighted by atomic mass is 32.1. The van der Waals surface area contributed by atoms with E-state index < -0.39 is 0 Å². The first kappa shape index (κ1) is 20.1. The summed E-state index contributed by atoms with van der Waals surface area (Å²) >= 11 is 1.54. The SMILES string of the molecule is COc1cccc(C(CNC(=O)c2ccc(-c3nc4ccccc4s3)o2)N(C)C)c1. The zero-order valence-corrected chi connectivity index (χ0v) is 17.9. The number of amides is 1. The van der Waals surface area contributed by atoms with Gasteiger partial charge in [-0.05, 0) is 56.1 Å². The van der Waals surface area contributed by atoms with Crippen molar-refractivity contribution in [3.63, 3.8) is 0 Å². The number of thiazole rings is 1. The van der Waals surface area contributed by atoms with Crippen molar-refractivity contribution in [3.8, 4) is 16.5 Å². The molecule has 0 aliphatic rings. The van der Waals surface area contributed by atoms with E-state index in [0.29, 0.717) is 12.3 Å². The van der Waals surface area contributed by atoms with E-state index >= 15 is 0 Å². The fourth-order valence-electron chi connectivity index (χ4n) is 3.28. The summed E-state index contributed by atoms with van der Waals surface area (Å²) in [5.41, 5.74) is 1.99. The van der Waals surface area contributed by atoms with Gasteiger partial charge >= 0.3 is 0 Å². The summed E-state index contributed by atoms with van der Waals surface area (Å²) in [4.78, 5) is 19.3. The van der Waals surface area contributed by atoms with E-state index in [-0.39, 0.29) is 17.7 Å². The average molecular weight is 422 g/mol. The van der Waals surface area contributed by atoms with Gasteiger partial charge in [-0.15, -0.1) is 11.3 Å². The molecule has 154 valence electrons. The van der Waals surface area contributed by atoms with Crippen LogP contribution in [-0.2, 0) is 0 Å². The number of carbonyl (C=O) groups excluding carboxylic acids is 1. The zero-order chi connectivity index (χ0) is 21.1. The molecule has 0 aliphatic carbocycles. The fraction of sp³-hybridized carbons (Fsp3) is 0.217. The molecule has 1 amide bonds. The second-order valence-electron chi connectivity index (χ2n) is 7.12. The van der Waals surface area contributed by atoms with E-state index in [1.54, 1.807) is 30.6 Å². The lowest BCUT2D eigenvalue weighted by molar-refractivity contribution is 0.0915. The van der Waals surface area contributed by atoms with Gasteiger partial charge in [0.05, 0.1) is 23.4 Å². The number of rotatable bonds is 7. The van der Waals surface area contributed by atoms with E-state index in [1.807, 2.05) is 62.6 Å². The van der Waals surface area contributed by atoms with Crippen LogP contribution in [0.4, 0.5) is 0 Å².